The summed E-state index contributed by atoms with van der Waals surface area (Å²) in [6.45, 7) is 1.04. The average molecular weight is 225 g/mol. The van der Waals surface area contributed by atoms with Crippen molar-refractivity contribution in [3.05, 3.63) is 33.9 Å². The van der Waals surface area contributed by atoms with Gasteiger partial charge in [0, 0.05) is 12.1 Å². The first kappa shape index (κ1) is 10.8. The van der Waals surface area contributed by atoms with Crippen LogP contribution in [0.25, 0.3) is 0 Å². The second-order valence-corrected chi connectivity index (χ2v) is 3.43. The lowest BCUT2D eigenvalue weighted by Gasteiger charge is -2.23. The molecule has 1 fully saturated rings. The van der Waals surface area contributed by atoms with Gasteiger partial charge < -0.3 is 14.6 Å². The molecule has 1 saturated heterocycles. The van der Waals surface area contributed by atoms with Crippen LogP contribution in [0.2, 0.25) is 0 Å². The van der Waals surface area contributed by atoms with Gasteiger partial charge in [0.25, 0.3) is 5.69 Å². The largest absolute Gasteiger partial charge is 0.507 e. The van der Waals surface area contributed by atoms with Crippen molar-refractivity contribution >= 4 is 5.69 Å². The Morgan fingerprint density at radius 2 is 2.06 bits per heavy atom. The number of ether oxygens (including phenoxy) is 2. The number of nitrogens with zero attached hydrogens (tertiary/aromatic N) is 1. The normalized spacial score (nSPS) is 17.2. The highest BCUT2D eigenvalue weighted by atomic mass is 16.7. The minimum Gasteiger partial charge on any atom is -0.507 e. The molecule has 0 bridgehead atoms. The third-order valence-electron chi connectivity index (χ3n) is 2.30. The number of nitro groups is 1. The minimum atomic E-state index is -0.714. The topological polar surface area (TPSA) is 81.8 Å². The fourth-order valence-electron chi connectivity index (χ4n) is 1.51. The number of phenols is 1. The second kappa shape index (κ2) is 4.46. The molecule has 1 N–H and O–H groups in total. The van der Waals surface area contributed by atoms with E-state index in [4.69, 9.17) is 9.47 Å². The SMILES string of the molecule is O=[N+]([O-])c1ccc(O)c(C2OCCCO2)c1. The van der Waals surface area contributed by atoms with Gasteiger partial charge in [-0.05, 0) is 12.5 Å². The molecule has 1 aliphatic heterocycles. The summed E-state index contributed by atoms with van der Waals surface area (Å²) in [5.74, 6) is -0.0579. The highest BCUT2D eigenvalue weighted by Crippen LogP contribution is 2.32. The minimum absolute atomic E-state index is 0.0579. The summed E-state index contributed by atoms with van der Waals surface area (Å²) in [6.07, 6.45) is 0.0697. The van der Waals surface area contributed by atoms with Crippen LogP contribution < -0.4 is 0 Å². The fourth-order valence-corrected chi connectivity index (χ4v) is 1.51. The van der Waals surface area contributed by atoms with E-state index in [0.29, 0.717) is 18.8 Å². The fraction of sp³-hybridized carbons (Fsp3) is 0.400. The predicted molar refractivity (Wildman–Crippen MR) is 54.0 cm³/mol. The summed E-state index contributed by atoms with van der Waals surface area (Å²) >= 11 is 0. The molecule has 1 aromatic rings. The third kappa shape index (κ3) is 2.12. The molecule has 0 aliphatic carbocycles. The van der Waals surface area contributed by atoms with Gasteiger partial charge in [-0.2, -0.15) is 0 Å². The van der Waals surface area contributed by atoms with Crippen molar-refractivity contribution < 1.29 is 19.5 Å². The van der Waals surface area contributed by atoms with Crippen molar-refractivity contribution in [3.63, 3.8) is 0 Å². The van der Waals surface area contributed by atoms with Crippen LogP contribution in [0.15, 0.2) is 18.2 Å². The molecule has 1 aromatic carbocycles. The van der Waals surface area contributed by atoms with Crippen LogP contribution >= 0.6 is 0 Å². The van der Waals surface area contributed by atoms with Gasteiger partial charge in [0.2, 0.25) is 0 Å². The number of phenolic OH excluding ortho intramolecular Hbond substituents is 1. The molecule has 16 heavy (non-hydrogen) atoms. The molecule has 0 saturated carbocycles. The van der Waals surface area contributed by atoms with E-state index in [1.807, 2.05) is 0 Å². The first-order chi connectivity index (χ1) is 7.68. The van der Waals surface area contributed by atoms with Gasteiger partial charge in [-0.15, -0.1) is 0 Å². The summed E-state index contributed by atoms with van der Waals surface area (Å²) in [6, 6.07) is 3.78. The first-order valence-corrected chi connectivity index (χ1v) is 4.89. The molecular weight excluding hydrogens is 214 g/mol. The van der Waals surface area contributed by atoms with Gasteiger partial charge in [0.15, 0.2) is 6.29 Å². The standard InChI is InChI=1S/C10H11NO5/c12-9-3-2-7(11(13)14)6-8(9)10-15-4-1-5-16-10/h2-3,6,10,12H,1,4-5H2. The number of rotatable bonds is 2. The molecule has 0 unspecified atom stereocenters. The van der Waals surface area contributed by atoms with Gasteiger partial charge in [-0.3, -0.25) is 10.1 Å². The highest BCUT2D eigenvalue weighted by Gasteiger charge is 2.22. The average Bonchev–Trinajstić information content (AvgIpc) is 2.30. The van der Waals surface area contributed by atoms with Gasteiger partial charge in [-0.1, -0.05) is 0 Å². The van der Waals surface area contributed by atoms with Crippen molar-refractivity contribution in [1.82, 2.24) is 0 Å². The maximum atomic E-state index is 10.6. The van der Waals surface area contributed by atoms with Gasteiger partial charge in [-0.25, -0.2) is 0 Å². The van der Waals surface area contributed by atoms with E-state index in [1.165, 1.54) is 18.2 Å². The lowest BCUT2D eigenvalue weighted by atomic mass is 10.1. The zero-order chi connectivity index (χ0) is 11.5. The van der Waals surface area contributed by atoms with E-state index in [2.05, 4.69) is 0 Å². The van der Waals surface area contributed by atoms with E-state index in [9.17, 15) is 15.2 Å². The number of non-ortho nitro benzene ring substituents is 1. The van der Waals surface area contributed by atoms with Gasteiger partial charge in [0.05, 0.1) is 23.7 Å². The Hall–Kier alpha value is -1.66. The Balaban J connectivity index is 2.30. The van der Waals surface area contributed by atoms with Crippen molar-refractivity contribution in [2.75, 3.05) is 13.2 Å². The van der Waals surface area contributed by atoms with Crippen LogP contribution in [0.3, 0.4) is 0 Å². The van der Waals surface area contributed by atoms with Gasteiger partial charge in [0.1, 0.15) is 5.75 Å². The second-order valence-electron chi connectivity index (χ2n) is 3.43. The molecule has 0 radical (unpaired) electrons. The van der Waals surface area contributed by atoms with Crippen LogP contribution in [0, 0.1) is 10.1 Å². The van der Waals surface area contributed by atoms with E-state index in [-0.39, 0.29) is 11.4 Å². The molecule has 1 aliphatic rings. The predicted octanol–water partition coefficient (Wildman–Crippen LogP) is 1.74. The molecule has 2 rings (SSSR count). The molecule has 6 nitrogen and oxygen atoms in total. The molecule has 0 aromatic heterocycles. The Kier molecular flexibility index (Phi) is 3.02. The zero-order valence-corrected chi connectivity index (χ0v) is 8.46. The summed E-state index contributed by atoms with van der Waals surface area (Å²) < 4.78 is 10.5. The number of aromatic hydroxyl groups is 1. The van der Waals surface area contributed by atoms with Gasteiger partial charge >= 0.3 is 0 Å². The monoisotopic (exact) mass is 225 g/mol. The quantitative estimate of drug-likeness (QED) is 0.612. The summed E-state index contributed by atoms with van der Waals surface area (Å²) in [5, 5.41) is 20.2. The van der Waals surface area contributed by atoms with Crippen LogP contribution in [0.4, 0.5) is 5.69 Å². The maximum absolute atomic E-state index is 10.6. The van der Waals surface area contributed by atoms with Crippen LogP contribution in [0.5, 0.6) is 5.75 Å². The first-order valence-electron chi connectivity index (χ1n) is 4.89. The number of benzene rings is 1. The summed E-state index contributed by atoms with van der Waals surface area (Å²) in [7, 11) is 0. The van der Waals surface area contributed by atoms with Crippen LogP contribution in [-0.4, -0.2) is 23.2 Å². The Morgan fingerprint density at radius 3 is 2.69 bits per heavy atom. The smallest absolute Gasteiger partial charge is 0.270 e. The molecule has 0 atom stereocenters. The molecule has 0 amide bonds. The van der Waals surface area contributed by atoms with E-state index in [1.54, 1.807) is 0 Å². The number of hydrogen-bond acceptors (Lipinski definition) is 5. The third-order valence-corrected chi connectivity index (χ3v) is 2.30. The zero-order valence-electron chi connectivity index (χ0n) is 8.46. The van der Waals surface area contributed by atoms with E-state index in [0.717, 1.165) is 6.42 Å². The summed E-state index contributed by atoms with van der Waals surface area (Å²) in [5.41, 5.74) is 0.208. The number of nitro benzene ring substituents is 1. The number of hydrogen-bond donors (Lipinski definition) is 1. The molecule has 86 valence electrons. The van der Waals surface area contributed by atoms with Crippen molar-refractivity contribution in [3.8, 4) is 5.75 Å². The molecule has 0 spiro atoms. The molecular formula is C10H11NO5. The van der Waals surface area contributed by atoms with Crippen LogP contribution in [0.1, 0.15) is 18.3 Å². The lowest BCUT2D eigenvalue weighted by molar-refractivity contribution is -0.385. The van der Waals surface area contributed by atoms with E-state index < -0.39 is 11.2 Å². The van der Waals surface area contributed by atoms with Crippen molar-refractivity contribution in [2.24, 2.45) is 0 Å². The van der Waals surface area contributed by atoms with Crippen molar-refractivity contribution in [1.29, 1.82) is 0 Å². The molecule has 1 heterocycles. The van der Waals surface area contributed by atoms with Crippen molar-refractivity contribution in [2.45, 2.75) is 12.7 Å². The maximum Gasteiger partial charge on any atom is 0.270 e. The highest BCUT2D eigenvalue weighted by molar-refractivity contribution is 5.43. The van der Waals surface area contributed by atoms with Crippen LogP contribution in [-0.2, 0) is 9.47 Å². The Bertz CT molecular complexity index is 400. The molecule has 6 heteroatoms. The Labute approximate surface area is 91.6 Å². The summed E-state index contributed by atoms with van der Waals surface area (Å²) in [4.78, 5) is 10.1. The Morgan fingerprint density at radius 1 is 1.38 bits per heavy atom. The van der Waals surface area contributed by atoms with E-state index >= 15 is 0 Å². The lowest BCUT2D eigenvalue weighted by Crippen LogP contribution is -2.17.